The molecule has 2 aromatic heterocycles. The molecule has 0 atom stereocenters. The van der Waals surface area contributed by atoms with Gasteiger partial charge in [-0.25, -0.2) is 14.8 Å². The highest BCUT2D eigenvalue weighted by atomic mass is 32.2. The van der Waals surface area contributed by atoms with Crippen LogP contribution in [0.4, 0.5) is 5.69 Å². The minimum absolute atomic E-state index is 0.0780. The number of rotatable bonds is 5. The molecule has 0 saturated carbocycles. The van der Waals surface area contributed by atoms with Crippen molar-refractivity contribution in [3.63, 3.8) is 0 Å². The van der Waals surface area contributed by atoms with Crippen LogP contribution in [-0.2, 0) is 25.3 Å². The van der Waals surface area contributed by atoms with Gasteiger partial charge in [0.2, 0.25) is 5.91 Å². The quantitative estimate of drug-likeness (QED) is 0.507. The Hall–Kier alpha value is -2.94. The smallest absolute Gasteiger partial charge is 0.325 e. The van der Waals surface area contributed by atoms with Crippen LogP contribution in [0.3, 0.4) is 0 Å². The number of aryl methyl sites for hydroxylation is 4. The summed E-state index contributed by atoms with van der Waals surface area (Å²) in [6, 6.07) is 5.80. The lowest BCUT2D eigenvalue weighted by Gasteiger charge is -2.12. The number of carbonyl (C=O) groups excluding carboxylic acids is 1. The SMILES string of the molecule is CCc1nc(SCC(=O)Nc2ccc(C)cc2C)c2c(=O)n(C)c(=O)n(C)c2n1. The van der Waals surface area contributed by atoms with Crippen LogP contribution in [0.25, 0.3) is 11.0 Å². The number of amides is 1. The van der Waals surface area contributed by atoms with E-state index in [0.717, 1.165) is 33.1 Å². The predicted octanol–water partition coefficient (Wildman–Crippen LogP) is 1.94. The zero-order chi connectivity index (χ0) is 21.3. The van der Waals surface area contributed by atoms with Crippen LogP contribution in [0.2, 0.25) is 0 Å². The number of hydrogen-bond acceptors (Lipinski definition) is 6. The summed E-state index contributed by atoms with van der Waals surface area (Å²) in [7, 11) is 2.98. The molecule has 2 heterocycles. The molecule has 3 aromatic rings. The van der Waals surface area contributed by atoms with E-state index in [2.05, 4.69) is 15.3 Å². The number of aromatic nitrogens is 4. The molecular weight excluding hydrogens is 390 g/mol. The second-order valence-corrected chi connectivity index (χ2v) is 7.82. The molecule has 0 unspecified atom stereocenters. The third kappa shape index (κ3) is 4.09. The van der Waals surface area contributed by atoms with E-state index in [9.17, 15) is 14.4 Å². The molecule has 0 saturated heterocycles. The molecule has 3 rings (SSSR count). The van der Waals surface area contributed by atoms with Gasteiger partial charge in [-0.1, -0.05) is 36.4 Å². The van der Waals surface area contributed by atoms with E-state index in [1.807, 2.05) is 39.0 Å². The number of hydrogen-bond donors (Lipinski definition) is 1. The van der Waals surface area contributed by atoms with Crippen molar-refractivity contribution in [2.24, 2.45) is 14.1 Å². The van der Waals surface area contributed by atoms with Crippen LogP contribution in [0.15, 0.2) is 32.8 Å². The van der Waals surface area contributed by atoms with Crippen molar-refractivity contribution in [1.29, 1.82) is 0 Å². The van der Waals surface area contributed by atoms with Gasteiger partial charge in [-0.05, 0) is 25.5 Å². The average molecular weight is 414 g/mol. The predicted molar refractivity (Wildman–Crippen MR) is 115 cm³/mol. The number of nitrogens with zero attached hydrogens (tertiary/aromatic N) is 4. The molecule has 1 N–H and O–H groups in total. The standard InChI is InChI=1S/C20H23N5O3S/c1-6-14-22-17-16(19(27)25(5)20(28)24(17)4)18(23-14)29-10-15(26)21-13-8-7-11(2)9-12(13)3/h7-9H,6,10H2,1-5H3,(H,21,26). The fourth-order valence-corrected chi connectivity index (χ4v) is 3.84. The van der Waals surface area contributed by atoms with Crippen molar-refractivity contribution in [2.75, 3.05) is 11.1 Å². The Balaban J connectivity index is 1.94. The Labute approximate surface area is 172 Å². The lowest BCUT2D eigenvalue weighted by molar-refractivity contribution is -0.113. The molecule has 0 bridgehead atoms. The summed E-state index contributed by atoms with van der Waals surface area (Å²) in [6.07, 6.45) is 0.543. The van der Waals surface area contributed by atoms with Crippen molar-refractivity contribution in [1.82, 2.24) is 19.1 Å². The third-order valence-corrected chi connectivity index (χ3v) is 5.60. The number of benzene rings is 1. The summed E-state index contributed by atoms with van der Waals surface area (Å²) in [5, 5.41) is 3.54. The van der Waals surface area contributed by atoms with Crippen LogP contribution < -0.4 is 16.6 Å². The van der Waals surface area contributed by atoms with E-state index < -0.39 is 11.2 Å². The normalized spacial score (nSPS) is 11.1. The summed E-state index contributed by atoms with van der Waals surface area (Å²) < 4.78 is 2.36. The van der Waals surface area contributed by atoms with Crippen molar-refractivity contribution in [3.05, 3.63) is 56.0 Å². The van der Waals surface area contributed by atoms with Gasteiger partial charge in [0.15, 0.2) is 5.65 Å². The summed E-state index contributed by atoms with van der Waals surface area (Å²) in [6.45, 7) is 5.82. The largest absolute Gasteiger partial charge is 0.332 e. The minimum Gasteiger partial charge on any atom is -0.325 e. The second-order valence-electron chi connectivity index (χ2n) is 6.86. The Kier molecular flexibility index (Phi) is 5.88. The first kappa shape index (κ1) is 20.8. The Morgan fingerprint density at radius 2 is 1.86 bits per heavy atom. The summed E-state index contributed by atoms with van der Waals surface area (Å²) >= 11 is 1.16. The van der Waals surface area contributed by atoms with Crippen LogP contribution in [-0.4, -0.2) is 30.8 Å². The minimum atomic E-state index is -0.469. The van der Waals surface area contributed by atoms with Gasteiger partial charge in [0.05, 0.1) is 5.75 Å². The number of carbonyl (C=O) groups is 1. The highest BCUT2D eigenvalue weighted by molar-refractivity contribution is 8.00. The first-order valence-corrected chi connectivity index (χ1v) is 10.2. The summed E-state index contributed by atoms with van der Waals surface area (Å²) in [5.74, 6) is 0.389. The van der Waals surface area contributed by atoms with Gasteiger partial charge in [0.1, 0.15) is 16.2 Å². The van der Waals surface area contributed by atoms with Gasteiger partial charge in [-0.2, -0.15) is 0 Å². The molecule has 9 heteroatoms. The maximum Gasteiger partial charge on any atom is 0.332 e. The summed E-state index contributed by atoms with van der Waals surface area (Å²) in [4.78, 5) is 46.2. The molecule has 0 aliphatic heterocycles. The van der Waals surface area contributed by atoms with E-state index in [4.69, 9.17) is 0 Å². The Bertz CT molecular complexity index is 1230. The van der Waals surface area contributed by atoms with Crippen LogP contribution in [0, 0.1) is 13.8 Å². The average Bonchev–Trinajstić information content (AvgIpc) is 2.70. The van der Waals surface area contributed by atoms with Gasteiger partial charge in [-0.3, -0.25) is 18.7 Å². The topological polar surface area (TPSA) is 98.9 Å². The van der Waals surface area contributed by atoms with Gasteiger partial charge in [0.25, 0.3) is 5.56 Å². The maximum atomic E-state index is 12.7. The van der Waals surface area contributed by atoms with Crippen LogP contribution in [0.5, 0.6) is 0 Å². The molecule has 1 amide bonds. The lowest BCUT2D eigenvalue weighted by atomic mass is 10.1. The fraction of sp³-hybridized carbons (Fsp3) is 0.350. The van der Waals surface area contributed by atoms with Gasteiger partial charge >= 0.3 is 5.69 Å². The first-order valence-electron chi connectivity index (χ1n) is 9.19. The molecule has 0 aliphatic rings. The molecule has 1 aromatic carbocycles. The van der Waals surface area contributed by atoms with Crippen molar-refractivity contribution >= 4 is 34.4 Å². The molecular formula is C20H23N5O3S. The Morgan fingerprint density at radius 3 is 2.52 bits per heavy atom. The molecule has 0 fully saturated rings. The first-order chi connectivity index (χ1) is 13.7. The number of nitrogens with one attached hydrogen (secondary N) is 1. The van der Waals surface area contributed by atoms with E-state index >= 15 is 0 Å². The van der Waals surface area contributed by atoms with Crippen LogP contribution >= 0.6 is 11.8 Å². The molecule has 152 valence electrons. The number of anilines is 1. The van der Waals surface area contributed by atoms with Crippen LogP contribution in [0.1, 0.15) is 23.9 Å². The molecule has 0 aliphatic carbocycles. The van der Waals surface area contributed by atoms with E-state index in [0.29, 0.717) is 17.3 Å². The molecule has 8 nitrogen and oxygen atoms in total. The maximum absolute atomic E-state index is 12.7. The zero-order valence-electron chi connectivity index (χ0n) is 17.1. The Morgan fingerprint density at radius 1 is 1.14 bits per heavy atom. The van der Waals surface area contributed by atoms with Crippen molar-refractivity contribution in [2.45, 2.75) is 32.2 Å². The highest BCUT2D eigenvalue weighted by Crippen LogP contribution is 2.23. The van der Waals surface area contributed by atoms with E-state index in [1.54, 1.807) is 7.05 Å². The third-order valence-electron chi connectivity index (χ3n) is 4.63. The molecule has 0 radical (unpaired) electrons. The zero-order valence-corrected chi connectivity index (χ0v) is 17.9. The fourth-order valence-electron chi connectivity index (χ4n) is 3.01. The highest BCUT2D eigenvalue weighted by Gasteiger charge is 2.18. The van der Waals surface area contributed by atoms with Crippen molar-refractivity contribution < 1.29 is 4.79 Å². The van der Waals surface area contributed by atoms with E-state index in [-0.39, 0.29) is 22.7 Å². The van der Waals surface area contributed by atoms with Gasteiger partial charge < -0.3 is 5.32 Å². The molecule has 29 heavy (non-hydrogen) atoms. The van der Waals surface area contributed by atoms with E-state index in [1.165, 1.54) is 11.6 Å². The summed E-state index contributed by atoms with van der Waals surface area (Å²) in [5.41, 5.74) is 2.21. The van der Waals surface area contributed by atoms with Crippen molar-refractivity contribution in [3.8, 4) is 0 Å². The van der Waals surface area contributed by atoms with Gasteiger partial charge in [-0.15, -0.1) is 0 Å². The number of thioether (sulfide) groups is 1. The monoisotopic (exact) mass is 413 g/mol. The van der Waals surface area contributed by atoms with Gasteiger partial charge in [0, 0.05) is 26.2 Å². The number of fused-ring (bicyclic) bond motifs is 1. The second kappa shape index (κ2) is 8.20. The molecule has 0 spiro atoms. The lowest BCUT2D eigenvalue weighted by Crippen LogP contribution is -2.38.